The number of hydrogen-bond acceptors (Lipinski definition) is 1. The maximum Gasteiger partial charge on any atom is 0.0644 e. The Morgan fingerprint density at radius 2 is 1.48 bits per heavy atom. The fourth-order valence-corrected chi connectivity index (χ4v) is 2.32. The first kappa shape index (κ1) is 13.6. The first-order chi connectivity index (χ1) is 10.3. The minimum Gasteiger partial charge on any atom is -0.256 e. The van der Waals surface area contributed by atoms with E-state index in [1.54, 1.807) is 0 Å². The van der Waals surface area contributed by atoms with Crippen molar-refractivity contribution in [3.05, 3.63) is 89.4 Å². The van der Waals surface area contributed by atoms with Gasteiger partial charge < -0.3 is 0 Å². The summed E-state index contributed by atoms with van der Waals surface area (Å²) in [4.78, 5) is 4.46. The van der Waals surface area contributed by atoms with Crippen LogP contribution in [0.25, 0.3) is 11.1 Å². The van der Waals surface area contributed by atoms with Gasteiger partial charge in [-0.3, -0.25) is 4.99 Å². The molecular formula is C19H14ClN. The van der Waals surface area contributed by atoms with Gasteiger partial charge in [0.15, 0.2) is 0 Å². The van der Waals surface area contributed by atoms with E-state index in [1.807, 2.05) is 60.8 Å². The first-order valence-corrected chi connectivity index (χ1v) is 7.14. The SMILES string of the molecule is Clc1cccc(N=Cc2cccc(-c3ccccc3)c2)c1. The summed E-state index contributed by atoms with van der Waals surface area (Å²) in [7, 11) is 0. The molecule has 0 atom stereocenters. The average molecular weight is 292 g/mol. The molecule has 0 radical (unpaired) electrons. The van der Waals surface area contributed by atoms with E-state index in [1.165, 1.54) is 11.1 Å². The Labute approximate surface area is 129 Å². The standard InChI is InChI=1S/C19H14ClN/c20-18-10-5-11-19(13-18)21-14-15-6-4-9-17(12-15)16-7-2-1-3-8-16/h1-14H. The van der Waals surface area contributed by atoms with Gasteiger partial charge >= 0.3 is 0 Å². The molecule has 3 rings (SSSR count). The van der Waals surface area contributed by atoms with Crippen molar-refractivity contribution in [2.24, 2.45) is 4.99 Å². The van der Waals surface area contributed by atoms with Gasteiger partial charge in [-0.2, -0.15) is 0 Å². The molecule has 3 aromatic carbocycles. The molecule has 21 heavy (non-hydrogen) atoms. The molecule has 0 heterocycles. The van der Waals surface area contributed by atoms with E-state index in [4.69, 9.17) is 11.6 Å². The quantitative estimate of drug-likeness (QED) is 0.544. The Morgan fingerprint density at radius 3 is 2.29 bits per heavy atom. The van der Waals surface area contributed by atoms with Gasteiger partial charge in [-0.25, -0.2) is 0 Å². The van der Waals surface area contributed by atoms with Crippen LogP contribution in [-0.4, -0.2) is 6.21 Å². The average Bonchev–Trinajstić information content (AvgIpc) is 2.54. The first-order valence-electron chi connectivity index (χ1n) is 6.76. The van der Waals surface area contributed by atoms with Crippen LogP contribution in [-0.2, 0) is 0 Å². The summed E-state index contributed by atoms with van der Waals surface area (Å²) in [5.41, 5.74) is 4.31. The third kappa shape index (κ3) is 3.59. The lowest BCUT2D eigenvalue weighted by molar-refractivity contribution is 1.52. The lowest BCUT2D eigenvalue weighted by Gasteiger charge is -2.02. The number of hydrogen-bond donors (Lipinski definition) is 0. The molecule has 0 aliphatic carbocycles. The highest BCUT2D eigenvalue weighted by molar-refractivity contribution is 6.30. The zero-order valence-electron chi connectivity index (χ0n) is 11.4. The van der Waals surface area contributed by atoms with Gasteiger partial charge in [0, 0.05) is 11.2 Å². The van der Waals surface area contributed by atoms with Crippen molar-refractivity contribution in [1.29, 1.82) is 0 Å². The van der Waals surface area contributed by atoms with Gasteiger partial charge in [0.1, 0.15) is 0 Å². The predicted molar refractivity (Wildman–Crippen MR) is 90.6 cm³/mol. The molecule has 0 saturated heterocycles. The van der Waals surface area contributed by atoms with E-state index < -0.39 is 0 Å². The Bertz CT molecular complexity index is 763. The summed E-state index contributed by atoms with van der Waals surface area (Å²) in [6, 6.07) is 26.2. The fourth-order valence-electron chi connectivity index (χ4n) is 2.13. The minimum atomic E-state index is 0.697. The summed E-state index contributed by atoms with van der Waals surface area (Å²) in [5, 5.41) is 0.697. The van der Waals surface area contributed by atoms with Crippen molar-refractivity contribution in [1.82, 2.24) is 0 Å². The molecule has 0 saturated carbocycles. The molecule has 0 aliphatic heterocycles. The number of benzene rings is 3. The van der Waals surface area contributed by atoms with E-state index in [-0.39, 0.29) is 0 Å². The second-order valence-corrected chi connectivity index (χ2v) is 5.17. The second kappa shape index (κ2) is 6.38. The van der Waals surface area contributed by atoms with Crippen LogP contribution in [0.15, 0.2) is 83.9 Å². The van der Waals surface area contributed by atoms with Gasteiger partial charge in [0.25, 0.3) is 0 Å². The molecule has 2 heteroatoms. The van der Waals surface area contributed by atoms with Gasteiger partial charge in [-0.1, -0.05) is 66.2 Å². The van der Waals surface area contributed by atoms with Crippen LogP contribution >= 0.6 is 11.6 Å². The molecule has 0 unspecified atom stereocenters. The molecule has 0 fully saturated rings. The zero-order valence-corrected chi connectivity index (χ0v) is 12.2. The number of aliphatic imine (C=N–C) groups is 1. The summed E-state index contributed by atoms with van der Waals surface area (Å²) < 4.78 is 0. The minimum absolute atomic E-state index is 0.697. The number of halogens is 1. The highest BCUT2D eigenvalue weighted by atomic mass is 35.5. The van der Waals surface area contributed by atoms with Gasteiger partial charge in [0.2, 0.25) is 0 Å². The van der Waals surface area contributed by atoms with Gasteiger partial charge in [-0.05, 0) is 41.0 Å². The van der Waals surface area contributed by atoms with E-state index in [0.29, 0.717) is 5.02 Å². The summed E-state index contributed by atoms with van der Waals surface area (Å²) in [5.74, 6) is 0. The molecule has 0 aromatic heterocycles. The molecule has 102 valence electrons. The Balaban J connectivity index is 1.87. The van der Waals surface area contributed by atoms with Crippen LogP contribution in [0.4, 0.5) is 5.69 Å². The van der Waals surface area contributed by atoms with Crippen molar-refractivity contribution in [3.63, 3.8) is 0 Å². The monoisotopic (exact) mass is 291 g/mol. The third-order valence-corrected chi connectivity index (χ3v) is 3.40. The Morgan fingerprint density at radius 1 is 0.714 bits per heavy atom. The summed E-state index contributed by atoms with van der Waals surface area (Å²) in [6.45, 7) is 0. The fraction of sp³-hybridized carbons (Fsp3) is 0. The van der Waals surface area contributed by atoms with E-state index in [9.17, 15) is 0 Å². The summed E-state index contributed by atoms with van der Waals surface area (Å²) in [6.07, 6.45) is 1.86. The van der Waals surface area contributed by atoms with E-state index >= 15 is 0 Å². The van der Waals surface area contributed by atoms with Crippen molar-refractivity contribution < 1.29 is 0 Å². The van der Waals surface area contributed by atoms with Crippen LogP contribution in [0, 0.1) is 0 Å². The summed E-state index contributed by atoms with van der Waals surface area (Å²) >= 11 is 5.96. The third-order valence-electron chi connectivity index (χ3n) is 3.16. The van der Waals surface area contributed by atoms with Crippen LogP contribution in [0.3, 0.4) is 0 Å². The topological polar surface area (TPSA) is 12.4 Å². The zero-order chi connectivity index (χ0) is 14.5. The van der Waals surface area contributed by atoms with Crippen molar-refractivity contribution in [2.45, 2.75) is 0 Å². The molecule has 0 amide bonds. The Hall–Kier alpha value is -2.38. The van der Waals surface area contributed by atoms with Crippen LogP contribution in [0.1, 0.15) is 5.56 Å². The second-order valence-electron chi connectivity index (χ2n) is 4.73. The van der Waals surface area contributed by atoms with Gasteiger partial charge in [0.05, 0.1) is 5.69 Å². The van der Waals surface area contributed by atoms with Crippen molar-refractivity contribution >= 4 is 23.5 Å². The maximum atomic E-state index is 5.96. The van der Waals surface area contributed by atoms with Crippen LogP contribution < -0.4 is 0 Å². The van der Waals surface area contributed by atoms with Gasteiger partial charge in [-0.15, -0.1) is 0 Å². The molecule has 0 N–H and O–H groups in total. The molecule has 0 spiro atoms. The number of rotatable bonds is 3. The highest BCUT2D eigenvalue weighted by Crippen LogP contribution is 2.21. The Kier molecular flexibility index (Phi) is 4.13. The highest BCUT2D eigenvalue weighted by Gasteiger charge is 1.97. The van der Waals surface area contributed by atoms with Crippen molar-refractivity contribution in [3.8, 4) is 11.1 Å². The molecule has 1 nitrogen and oxygen atoms in total. The lowest BCUT2D eigenvalue weighted by atomic mass is 10.0. The molecule has 3 aromatic rings. The van der Waals surface area contributed by atoms with Crippen molar-refractivity contribution in [2.75, 3.05) is 0 Å². The largest absolute Gasteiger partial charge is 0.256 e. The molecule has 0 aliphatic rings. The van der Waals surface area contributed by atoms with E-state index in [0.717, 1.165) is 11.3 Å². The normalized spacial score (nSPS) is 10.9. The smallest absolute Gasteiger partial charge is 0.0644 e. The lowest BCUT2D eigenvalue weighted by Crippen LogP contribution is -1.83. The van der Waals surface area contributed by atoms with Crippen LogP contribution in [0.5, 0.6) is 0 Å². The van der Waals surface area contributed by atoms with Crippen LogP contribution in [0.2, 0.25) is 5.02 Å². The molecule has 0 bridgehead atoms. The maximum absolute atomic E-state index is 5.96. The molecular weight excluding hydrogens is 278 g/mol. The van der Waals surface area contributed by atoms with E-state index in [2.05, 4.69) is 29.3 Å². The number of nitrogens with zero attached hydrogens (tertiary/aromatic N) is 1. The predicted octanol–water partition coefficient (Wildman–Crippen LogP) is 5.76.